The van der Waals surface area contributed by atoms with E-state index in [1.807, 2.05) is 0 Å². The summed E-state index contributed by atoms with van der Waals surface area (Å²) in [5.74, 6) is -2.90. The quantitative estimate of drug-likeness (QED) is 0.741. The molecular formula is C8H10ClF2NO3. The highest BCUT2D eigenvalue weighted by atomic mass is 35.5. The Morgan fingerprint density at radius 1 is 1.40 bits per heavy atom. The Hall–Kier alpha value is -0.910. The highest BCUT2D eigenvalue weighted by molar-refractivity contribution is 6.32. The number of nitrogens with zero attached hydrogens (tertiary/aromatic N) is 1. The van der Waals surface area contributed by atoms with Crippen LogP contribution < -0.4 is 0 Å². The lowest BCUT2D eigenvalue weighted by atomic mass is 10.0. The van der Waals surface area contributed by atoms with Gasteiger partial charge in [-0.3, -0.25) is 4.79 Å². The standard InChI is InChI=1S/C8H10ClF2NO3/c9-8(10,11)7(15)12-4-2-1-3-5(12)6(13)14/h5H,1-4H2,(H,13,14). The van der Waals surface area contributed by atoms with Gasteiger partial charge in [0.05, 0.1) is 0 Å². The molecule has 7 heteroatoms. The van der Waals surface area contributed by atoms with E-state index in [0.717, 1.165) is 0 Å². The Morgan fingerprint density at radius 3 is 2.47 bits per heavy atom. The number of hydrogen-bond donors (Lipinski definition) is 1. The second kappa shape index (κ2) is 4.30. The van der Waals surface area contributed by atoms with Crippen molar-refractivity contribution in [3.05, 3.63) is 0 Å². The van der Waals surface area contributed by atoms with E-state index in [1.54, 1.807) is 0 Å². The van der Waals surface area contributed by atoms with Crippen LogP contribution in [0.25, 0.3) is 0 Å². The maximum atomic E-state index is 12.5. The molecule has 1 aliphatic rings. The van der Waals surface area contributed by atoms with Crippen LogP contribution in [-0.4, -0.2) is 39.9 Å². The van der Waals surface area contributed by atoms with Gasteiger partial charge in [-0.1, -0.05) is 0 Å². The summed E-state index contributed by atoms with van der Waals surface area (Å²) in [5, 5.41) is 4.72. The van der Waals surface area contributed by atoms with Gasteiger partial charge < -0.3 is 10.0 Å². The molecule has 1 aliphatic heterocycles. The monoisotopic (exact) mass is 241 g/mol. The van der Waals surface area contributed by atoms with Gasteiger partial charge in [0, 0.05) is 6.54 Å². The first-order valence-electron chi connectivity index (χ1n) is 4.44. The molecule has 0 bridgehead atoms. The Kier molecular flexibility index (Phi) is 3.49. The van der Waals surface area contributed by atoms with E-state index in [1.165, 1.54) is 0 Å². The minimum Gasteiger partial charge on any atom is -0.480 e. The van der Waals surface area contributed by atoms with Crippen LogP contribution in [0.3, 0.4) is 0 Å². The summed E-state index contributed by atoms with van der Waals surface area (Å²) in [6, 6.07) is -1.18. The van der Waals surface area contributed by atoms with E-state index in [2.05, 4.69) is 11.6 Å². The van der Waals surface area contributed by atoms with Crippen molar-refractivity contribution < 1.29 is 23.5 Å². The molecule has 1 fully saturated rings. The maximum Gasteiger partial charge on any atom is 0.399 e. The normalized spacial score (nSPS) is 22.6. The predicted octanol–water partition coefficient (Wildman–Crippen LogP) is 1.28. The van der Waals surface area contributed by atoms with Crippen molar-refractivity contribution in [1.82, 2.24) is 4.90 Å². The number of alkyl halides is 3. The fraction of sp³-hybridized carbons (Fsp3) is 0.750. The van der Waals surface area contributed by atoms with Gasteiger partial charge in [0.2, 0.25) is 0 Å². The second-order valence-electron chi connectivity index (χ2n) is 3.35. The van der Waals surface area contributed by atoms with Crippen molar-refractivity contribution in [3.63, 3.8) is 0 Å². The molecule has 1 heterocycles. The molecule has 1 rings (SSSR count). The Labute approximate surface area is 89.8 Å². The molecular weight excluding hydrogens is 232 g/mol. The Morgan fingerprint density at radius 2 is 2.00 bits per heavy atom. The third kappa shape index (κ3) is 2.77. The van der Waals surface area contributed by atoms with Gasteiger partial charge in [-0.2, -0.15) is 8.78 Å². The van der Waals surface area contributed by atoms with Gasteiger partial charge in [0.1, 0.15) is 6.04 Å². The molecule has 1 unspecified atom stereocenters. The van der Waals surface area contributed by atoms with Crippen LogP contribution in [0.2, 0.25) is 0 Å². The first kappa shape index (κ1) is 12.2. The SMILES string of the molecule is O=C(O)C1CCCCN1C(=O)C(F)(F)Cl. The van der Waals surface area contributed by atoms with Gasteiger partial charge in [-0.15, -0.1) is 0 Å². The number of carbonyl (C=O) groups excluding carboxylic acids is 1. The van der Waals surface area contributed by atoms with Crippen LogP contribution in [0, 0.1) is 0 Å². The summed E-state index contributed by atoms with van der Waals surface area (Å²) in [6.07, 6.45) is 1.31. The van der Waals surface area contributed by atoms with Crippen LogP contribution in [0.5, 0.6) is 0 Å². The number of halogens is 3. The minimum atomic E-state index is -4.02. The first-order valence-corrected chi connectivity index (χ1v) is 4.82. The average Bonchev–Trinajstić information content (AvgIpc) is 2.15. The molecule has 0 aliphatic carbocycles. The van der Waals surface area contributed by atoms with Gasteiger partial charge in [-0.25, -0.2) is 4.79 Å². The number of carboxylic acid groups (broad SMARTS) is 1. The number of amides is 1. The molecule has 1 amide bonds. The summed E-state index contributed by atoms with van der Waals surface area (Å²) in [7, 11) is 0. The van der Waals surface area contributed by atoms with Gasteiger partial charge >= 0.3 is 17.3 Å². The predicted molar refractivity (Wildman–Crippen MR) is 47.8 cm³/mol. The van der Waals surface area contributed by atoms with Crippen molar-refractivity contribution >= 4 is 23.5 Å². The summed E-state index contributed by atoms with van der Waals surface area (Å²) in [6.45, 7) is 0.0120. The molecule has 0 saturated carbocycles. The van der Waals surface area contributed by atoms with E-state index in [0.29, 0.717) is 17.7 Å². The van der Waals surface area contributed by atoms with Gasteiger partial charge in [-0.05, 0) is 30.9 Å². The van der Waals surface area contributed by atoms with E-state index in [9.17, 15) is 18.4 Å². The summed E-state index contributed by atoms with van der Waals surface area (Å²) in [5.41, 5.74) is 0. The summed E-state index contributed by atoms with van der Waals surface area (Å²) < 4.78 is 25.0. The number of rotatable bonds is 2. The largest absolute Gasteiger partial charge is 0.480 e. The second-order valence-corrected chi connectivity index (χ2v) is 3.82. The van der Waals surface area contributed by atoms with Crippen LogP contribution in [-0.2, 0) is 9.59 Å². The lowest BCUT2D eigenvalue weighted by Gasteiger charge is -2.33. The third-order valence-electron chi connectivity index (χ3n) is 2.29. The molecule has 86 valence electrons. The van der Waals surface area contributed by atoms with Gasteiger partial charge in [0.25, 0.3) is 0 Å². The number of piperidine rings is 1. The fourth-order valence-corrected chi connectivity index (χ4v) is 1.70. The fourth-order valence-electron chi connectivity index (χ4n) is 1.59. The minimum absolute atomic E-state index is 0.0120. The molecule has 1 atom stereocenters. The molecule has 0 aromatic heterocycles. The molecule has 0 spiro atoms. The molecule has 0 aromatic carbocycles. The van der Waals surface area contributed by atoms with E-state index in [-0.39, 0.29) is 13.0 Å². The molecule has 0 aromatic rings. The number of hydrogen-bond acceptors (Lipinski definition) is 2. The van der Waals surface area contributed by atoms with E-state index < -0.39 is 23.3 Å². The lowest BCUT2D eigenvalue weighted by Crippen LogP contribution is -2.52. The van der Waals surface area contributed by atoms with E-state index in [4.69, 9.17) is 5.11 Å². The Balaban J connectivity index is 2.81. The van der Waals surface area contributed by atoms with E-state index >= 15 is 0 Å². The zero-order valence-corrected chi connectivity index (χ0v) is 8.51. The van der Waals surface area contributed by atoms with Crippen LogP contribution in [0.1, 0.15) is 19.3 Å². The van der Waals surface area contributed by atoms with Crippen molar-refractivity contribution in [2.45, 2.75) is 30.7 Å². The molecule has 4 nitrogen and oxygen atoms in total. The zero-order valence-electron chi connectivity index (χ0n) is 7.75. The molecule has 15 heavy (non-hydrogen) atoms. The van der Waals surface area contributed by atoms with Crippen molar-refractivity contribution in [2.75, 3.05) is 6.54 Å². The zero-order chi connectivity index (χ0) is 11.6. The van der Waals surface area contributed by atoms with Crippen LogP contribution in [0.4, 0.5) is 8.78 Å². The van der Waals surface area contributed by atoms with Crippen molar-refractivity contribution in [1.29, 1.82) is 0 Å². The third-order valence-corrected chi connectivity index (χ3v) is 2.45. The number of aliphatic carboxylic acids is 1. The van der Waals surface area contributed by atoms with Crippen molar-refractivity contribution in [3.8, 4) is 0 Å². The topological polar surface area (TPSA) is 57.6 Å². The highest BCUT2D eigenvalue weighted by Gasteiger charge is 2.44. The van der Waals surface area contributed by atoms with Gasteiger partial charge in [0.15, 0.2) is 0 Å². The molecule has 1 N–H and O–H groups in total. The van der Waals surface area contributed by atoms with Crippen molar-refractivity contribution in [2.24, 2.45) is 0 Å². The van der Waals surface area contributed by atoms with Crippen LogP contribution in [0.15, 0.2) is 0 Å². The Bertz CT molecular complexity index is 280. The maximum absolute atomic E-state index is 12.5. The highest BCUT2D eigenvalue weighted by Crippen LogP contribution is 2.26. The molecule has 1 saturated heterocycles. The van der Waals surface area contributed by atoms with Crippen LogP contribution >= 0.6 is 11.6 Å². The number of likely N-dealkylation sites (tertiary alicyclic amines) is 1. The lowest BCUT2D eigenvalue weighted by molar-refractivity contribution is -0.160. The summed E-state index contributed by atoms with van der Waals surface area (Å²) in [4.78, 5) is 22.5. The number of carboxylic acids is 1. The summed E-state index contributed by atoms with van der Waals surface area (Å²) >= 11 is 4.57. The molecule has 0 radical (unpaired) electrons. The average molecular weight is 242 g/mol. The smallest absolute Gasteiger partial charge is 0.399 e. The number of carbonyl (C=O) groups is 2. The first-order chi connectivity index (χ1) is 6.84.